The summed E-state index contributed by atoms with van der Waals surface area (Å²) in [4.78, 5) is 12.6. The summed E-state index contributed by atoms with van der Waals surface area (Å²) in [5.74, 6) is -0.0687. The number of rotatable bonds is 4. The number of piperidine rings is 1. The molecule has 1 heterocycles. The van der Waals surface area contributed by atoms with Gasteiger partial charge in [0.2, 0.25) is 10.0 Å². The molecule has 7 heteroatoms. The molecule has 0 spiro atoms. The number of sulfonamides is 1. The monoisotopic (exact) mass is 406 g/mol. The lowest BCUT2D eigenvalue weighted by atomic mass is 10.0. The van der Waals surface area contributed by atoms with E-state index in [1.54, 1.807) is 6.07 Å². The highest BCUT2D eigenvalue weighted by molar-refractivity contribution is 7.89. The van der Waals surface area contributed by atoms with Crippen LogP contribution in [0.25, 0.3) is 0 Å². The number of nitrogens with zero attached hydrogens (tertiary/aromatic N) is 1. The standard InChI is InChI=1S/C20H23ClN2O3S/c1-14-5-3-7-17(11-14)22-20(24)16-8-9-18(21)19(12-16)27(25,26)23-10-4-6-15(2)13-23/h3,5,7-9,11-12,15H,4,6,10,13H2,1-2H3,(H,22,24). The Hall–Kier alpha value is -1.89. The van der Waals surface area contributed by atoms with E-state index in [9.17, 15) is 13.2 Å². The van der Waals surface area contributed by atoms with Crippen LogP contribution in [0.3, 0.4) is 0 Å². The lowest BCUT2D eigenvalue weighted by Gasteiger charge is -2.30. The molecule has 144 valence electrons. The van der Waals surface area contributed by atoms with Crippen LogP contribution in [-0.4, -0.2) is 31.7 Å². The van der Waals surface area contributed by atoms with Crippen molar-refractivity contribution in [3.63, 3.8) is 0 Å². The summed E-state index contributed by atoms with van der Waals surface area (Å²) in [6.07, 6.45) is 1.84. The van der Waals surface area contributed by atoms with Crippen molar-refractivity contribution in [3.8, 4) is 0 Å². The number of hydrogen-bond acceptors (Lipinski definition) is 3. The number of hydrogen-bond donors (Lipinski definition) is 1. The van der Waals surface area contributed by atoms with E-state index >= 15 is 0 Å². The average Bonchev–Trinajstić information content (AvgIpc) is 2.62. The Morgan fingerprint density at radius 1 is 1.22 bits per heavy atom. The van der Waals surface area contributed by atoms with E-state index in [1.807, 2.05) is 32.0 Å². The summed E-state index contributed by atoms with van der Waals surface area (Å²) in [6.45, 7) is 4.92. The van der Waals surface area contributed by atoms with E-state index in [2.05, 4.69) is 5.32 Å². The summed E-state index contributed by atoms with van der Waals surface area (Å²) in [5.41, 5.74) is 1.93. The normalized spacial score (nSPS) is 18.3. The summed E-state index contributed by atoms with van der Waals surface area (Å²) >= 11 is 6.18. The van der Waals surface area contributed by atoms with Gasteiger partial charge in [0.1, 0.15) is 4.90 Å². The van der Waals surface area contributed by atoms with Crippen LogP contribution in [0.1, 0.15) is 35.7 Å². The van der Waals surface area contributed by atoms with Gasteiger partial charge in [-0.05, 0) is 61.6 Å². The fraction of sp³-hybridized carbons (Fsp3) is 0.350. The first-order chi connectivity index (χ1) is 12.8. The zero-order chi connectivity index (χ0) is 19.6. The summed E-state index contributed by atoms with van der Waals surface area (Å²) in [7, 11) is -3.74. The molecule has 1 atom stereocenters. The molecule has 0 bridgehead atoms. The lowest BCUT2D eigenvalue weighted by Crippen LogP contribution is -2.39. The van der Waals surface area contributed by atoms with Crippen molar-refractivity contribution < 1.29 is 13.2 Å². The van der Waals surface area contributed by atoms with E-state index in [4.69, 9.17) is 11.6 Å². The van der Waals surface area contributed by atoms with Gasteiger partial charge in [0, 0.05) is 24.3 Å². The molecule has 27 heavy (non-hydrogen) atoms. The van der Waals surface area contributed by atoms with Crippen LogP contribution in [0.4, 0.5) is 5.69 Å². The van der Waals surface area contributed by atoms with Crippen molar-refractivity contribution >= 4 is 33.2 Å². The van der Waals surface area contributed by atoms with Crippen molar-refractivity contribution in [1.29, 1.82) is 0 Å². The third-order valence-corrected chi connectivity index (χ3v) is 7.05. The third kappa shape index (κ3) is 4.51. The Kier molecular flexibility index (Phi) is 5.89. The van der Waals surface area contributed by atoms with Gasteiger partial charge in [-0.15, -0.1) is 0 Å². The third-order valence-electron chi connectivity index (χ3n) is 4.71. The molecule has 0 aromatic heterocycles. The Morgan fingerprint density at radius 3 is 2.70 bits per heavy atom. The summed E-state index contributed by atoms with van der Waals surface area (Å²) in [5, 5.41) is 2.92. The molecule has 1 saturated heterocycles. The number of benzene rings is 2. The van der Waals surface area contributed by atoms with Gasteiger partial charge in [-0.3, -0.25) is 4.79 Å². The fourth-order valence-corrected chi connectivity index (χ4v) is 5.37. The molecular formula is C20H23ClN2O3S. The quantitative estimate of drug-likeness (QED) is 0.822. The molecule has 1 aliphatic rings. The predicted octanol–water partition coefficient (Wildman–Crippen LogP) is 4.32. The second-order valence-corrected chi connectivity index (χ2v) is 9.39. The SMILES string of the molecule is Cc1cccc(NC(=O)c2ccc(Cl)c(S(=O)(=O)N3CCCC(C)C3)c2)c1. The van der Waals surface area contributed by atoms with Gasteiger partial charge in [-0.1, -0.05) is 30.7 Å². The lowest BCUT2D eigenvalue weighted by molar-refractivity contribution is 0.102. The van der Waals surface area contributed by atoms with Gasteiger partial charge in [0.05, 0.1) is 5.02 Å². The summed E-state index contributed by atoms with van der Waals surface area (Å²) in [6, 6.07) is 11.8. The Balaban J connectivity index is 1.88. The van der Waals surface area contributed by atoms with E-state index in [-0.39, 0.29) is 21.4 Å². The number of halogens is 1. The number of aryl methyl sites for hydroxylation is 1. The molecule has 2 aromatic carbocycles. The number of anilines is 1. The highest BCUT2D eigenvalue weighted by atomic mass is 35.5. The first-order valence-electron chi connectivity index (χ1n) is 8.95. The van der Waals surface area contributed by atoms with Gasteiger partial charge in [0.15, 0.2) is 0 Å². The van der Waals surface area contributed by atoms with Gasteiger partial charge >= 0.3 is 0 Å². The maximum absolute atomic E-state index is 13.0. The van der Waals surface area contributed by atoms with Crippen LogP contribution in [0, 0.1) is 12.8 Å². The fourth-order valence-electron chi connectivity index (χ4n) is 3.27. The molecule has 1 aliphatic heterocycles. The van der Waals surface area contributed by atoms with Gasteiger partial charge in [-0.2, -0.15) is 4.31 Å². The number of carbonyl (C=O) groups excluding carboxylic acids is 1. The Morgan fingerprint density at radius 2 is 2.00 bits per heavy atom. The van der Waals surface area contributed by atoms with Gasteiger partial charge in [0.25, 0.3) is 5.91 Å². The second-order valence-electron chi connectivity index (χ2n) is 7.08. The van der Waals surface area contributed by atoms with E-state index in [1.165, 1.54) is 22.5 Å². The molecule has 1 fully saturated rings. The Bertz CT molecular complexity index is 959. The average molecular weight is 407 g/mol. The van der Waals surface area contributed by atoms with E-state index in [0.29, 0.717) is 24.7 Å². The molecule has 0 radical (unpaired) electrons. The van der Waals surface area contributed by atoms with E-state index < -0.39 is 10.0 Å². The van der Waals surface area contributed by atoms with Crippen molar-refractivity contribution in [3.05, 3.63) is 58.6 Å². The van der Waals surface area contributed by atoms with Crippen LogP contribution in [0.15, 0.2) is 47.4 Å². The number of amides is 1. The molecule has 3 rings (SSSR count). The molecule has 1 amide bonds. The predicted molar refractivity (Wildman–Crippen MR) is 108 cm³/mol. The smallest absolute Gasteiger partial charge is 0.255 e. The first-order valence-corrected chi connectivity index (χ1v) is 10.8. The van der Waals surface area contributed by atoms with Crippen LogP contribution >= 0.6 is 11.6 Å². The minimum atomic E-state index is -3.74. The second kappa shape index (κ2) is 8.00. The molecule has 2 aromatic rings. The molecule has 0 aliphatic carbocycles. The highest BCUT2D eigenvalue weighted by Crippen LogP contribution is 2.29. The van der Waals surface area contributed by atoms with Crippen LogP contribution in [0.5, 0.6) is 0 Å². The minimum Gasteiger partial charge on any atom is -0.322 e. The van der Waals surface area contributed by atoms with Crippen LogP contribution in [0.2, 0.25) is 5.02 Å². The number of nitrogens with one attached hydrogen (secondary N) is 1. The van der Waals surface area contributed by atoms with Gasteiger partial charge in [-0.25, -0.2) is 8.42 Å². The first kappa shape index (κ1) is 19.9. The van der Waals surface area contributed by atoms with Crippen molar-refractivity contribution in [2.24, 2.45) is 5.92 Å². The molecule has 5 nitrogen and oxygen atoms in total. The van der Waals surface area contributed by atoms with Gasteiger partial charge < -0.3 is 5.32 Å². The zero-order valence-electron chi connectivity index (χ0n) is 15.4. The Labute approximate surface area is 165 Å². The molecular weight excluding hydrogens is 384 g/mol. The summed E-state index contributed by atoms with van der Waals surface area (Å²) < 4.78 is 27.5. The van der Waals surface area contributed by atoms with Crippen LogP contribution in [-0.2, 0) is 10.0 Å². The van der Waals surface area contributed by atoms with Crippen molar-refractivity contribution in [2.45, 2.75) is 31.6 Å². The molecule has 1 unspecified atom stereocenters. The number of carbonyl (C=O) groups is 1. The van der Waals surface area contributed by atoms with Crippen molar-refractivity contribution in [1.82, 2.24) is 4.31 Å². The van der Waals surface area contributed by atoms with E-state index in [0.717, 1.165) is 18.4 Å². The topological polar surface area (TPSA) is 66.5 Å². The highest BCUT2D eigenvalue weighted by Gasteiger charge is 2.30. The maximum atomic E-state index is 13.0. The minimum absolute atomic E-state index is 0.0184. The molecule has 1 N–H and O–H groups in total. The van der Waals surface area contributed by atoms with Crippen molar-refractivity contribution in [2.75, 3.05) is 18.4 Å². The maximum Gasteiger partial charge on any atom is 0.255 e. The molecule has 0 saturated carbocycles. The van der Waals surface area contributed by atoms with Crippen LogP contribution < -0.4 is 5.32 Å². The zero-order valence-corrected chi connectivity index (χ0v) is 17.0. The largest absolute Gasteiger partial charge is 0.322 e.